The van der Waals surface area contributed by atoms with E-state index in [1.54, 1.807) is 0 Å². The molecule has 2 heteroatoms. The average molecular weight is 174 g/mol. The number of hydrogen-bond donors (Lipinski definition) is 0. The summed E-state index contributed by atoms with van der Waals surface area (Å²) in [4.78, 5) is 0. The Morgan fingerprint density at radius 2 is 1.91 bits per heavy atom. The molecule has 0 aliphatic carbocycles. The van der Waals surface area contributed by atoms with Crippen LogP contribution < -0.4 is 0 Å². The van der Waals surface area contributed by atoms with E-state index in [1.807, 2.05) is 6.08 Å². The number of hydrogen-bond acceptors (Lipinski definition) is 1. The molecule has 0 aliphatic rings. The summed E-state index contributed by atoms with van der Waals surface area (Å²) in [6.45, 7) is 5.49. The highest BCUT2D eigenvalue weighted by Gasteiger charge is 1.87. The highest BCUT2D eigenvalue weighted by Crippen LogP contribution is 1.96. The molecule has 0 saturated heterocycles. The van der Waals surface area contributed by atoms with Gasteiger partial charge < -0.3 is 4.74 Å². The number of allylic oxidation sites excluding steroid dienone is 1. The van der Waals surface area contributed by atoms with Crippen molar-refractivity contribution in [1.82, 2.24) is 0 Å². The van der Waals surface area contributed by atoms with Gasteiger partial charge in [-0.15, -0.1) is 15.8 Å². The van der Waals surface area contributed by atoms with E-state index in [9.17, 15) is 0 Å². The molecular formula is C9H19OP. The van der Waals surface area contributed by atoms with Crippen molar-refractivity contribution in [3.05, 3.63) is 12.7 Å². The molecule has 0 amide bonds. The third kappa shape index (κ3) is 10.1. The van der Waals surface area contributed by atoms with Crippen molar-refractivity contribution < 1.29 is 4.74 Å². The van der Waals surface area contributed by atoms with E-state index in [0.717, 1.165) is 32.2 Å². The highest BCUT2D eigenvalue weighted by atomic mass is 31.0. The van der Waals surface area contributed by atoms with Gasteiger partial charge in [0.15, 0.2) is 0 Å². The molecule has 0 fully saturated rings. The molecule has 66 valence electrons. The monoisotopic (exact) mass is 174 g/mol. The van der Waals surface area contributed by atoms with Gasteiger partial charge in [-0.3, -0.25) is 0 Å². The smallest absolute Gasteiger partial charge is 0.0469 e. The number of ether oxygens (including phenoxy) is 1. The van der Waals surface area contributed by atoms with E-state index in [2.05, 4.69) is 15.8 Å². The Morgan fingerprint density at radius 3 is 2.55 bits per heavy atom. The van der Waals surface area contributed by atoms with Gasteiger partial charge in [0.05, 0.1) is 0 Å². The van der Waals surface area contributed by atoms with Gasteiger partial charge in [-0.05, 0) is 31.8 Å². The summed E-state index contributed by atoms with van der Waals surface area (Å²) in [5, 5.41) is 0. The van der Waals surface area contributed by atoms with Crippen LogP contribution in [0.15, 0.2) is 12.7 Å². The van der Waals surface area contributed by atoms with E-state index in [4.69, 9.17) is 4.74 Å². The van der Waals surface area contributed by atoms with Crippen molar-refractivity contribution in [1.29, 1.82) is 0 Å². The van der Waals surface area contributed by atoms with Gasteiger partial charge in [-0.2, -0.15) is 0 Å². The van der Waals surface area contributed by atoms with Gasteiger partial charge in [-0.1, -0.05) is 6.08 Å². The third-order valence-electron chi connectivity index (χ3n) is 1.44. The molecule has 0 saturated carbocycles. The lowest BCUT2D eigenvalue weighted by Gasteiger charge is -2.01. The van der Waals surface area contributed by atoms with Crippen LogP contribution in [0.5, 0.6) is 0 Å². The molecule has 1 unspecified atom stereocenters. The van der Waals surface area contributed by atoms with E-state index in [-0.39, 0.29) is 0 Å². The molecule has 0 radical (unpaired) electrons. The minimum absolute atomic E-state index is 0.914. The molecule has 1 atom stereocenters. The summed E-state index contributed by atoms with van der Waals surface area (Å²) >= 11 is 0. The minimum atomic E-state index is 0.914. The van der Waals surface area contributed by atoms with Crippen LogP contribution in [0, 0.1) is 0 Å². The van der Waals surface area contributed by atoms with Crippen LogP contribution in [0.25, 0.3) is 0 Å². The molecule has 0 aromatic rings. The maximum atomic E-state index is 5.37. The maximum absolute atomic E-state index is 5.37. The van der Waals surface area contributed by atoms with Crippen LogP contribution in [-0.4, -0.2) is 19.4 Å². The third-order valence-corrected chi connectivity index (χ3v) is 1.85. The molecule has 0 bridgehead atoms. The first-order valence-electron chi connectivity index (χ1n) is 4.30. The predicted octanol–water partition coefficient (Wildman–Crippen LogP) is 2.62. The standard InChI is InChI=1S/C9H19OP/c1-2-3-4-5-7-10-8-6-9-11/h2H,1,3-9,11H2. The maximum Gasteiger partial charge on any atom is 0.0469 e. The van der Waals surface area contributed by atoms with Gasteiger partial charge in [0.2, 0.25) is 0 Å². The molecule has 0 spiro atoms. The Kier molecular flexibility index (Phi) is 10.2. The normalized spacial score (nSPS) is 9.91. The first-order chi connectivity index (χ1) is 5.41. The van der Waals surface area contributed by atoms with Crippen molar-refractivity contribution in [3.63, 3.8) is 0 Å². The average Bonchev–Trinajstić information content (AvgIpc) is 2.03. The fourth-order valence-corrected chi connectivity index (χ4v) is 0.947. The van der Waals surface area contributed by atoms with E-state index >= 15 is 0 Å². The fourth-order valence-electron chi connectivity index (χ4n) is 0.780. The zero-order valence-electron chi connectivity index (χ0n) is 7.22. The molecule has 0 heterocycles. The summed E-state index contributed by atoms with van der Waals surface area (Å²) in [6.07, 6.45) is 7.77. The SMILES string of the molecule is C=CCCCCOCCCP. The lowest BCUT2D eigenvalue weighted by Crippen LogP contribution is -1.96. The summed E-state index contributed by atoms with van der Waals surface area (Å²) in [5.74, 6) is 0. The quantitative estimate of drug-likeness (QED) is 0.312. The second-order valence-electron chi connectivity index (χ2n) is 2.54. The number of rotatable bonds is 8. The van der Waals surface area contributed by atoms with Crippen molar-refractivity contribution in [2.24, 2.45) is 0 Å². The lowest BCUT2D eigenvalue weighted by molar-refractivity contribution is 0.132. The molecule has 0 N–H and O–H groups in total. The lowest BCUT2D eigenvalue weighted by atomic mass is 10.2. The minimum Gasteiger partial charge on any atom is -0.381 e. The van der Waals surface area contributed by atoms with Crippen molar-refractivity contribution in [2.45, 2.75) is 25.7 Å². The molecular weight excluding hydrogens is 155 g/mol. The van der Waals surface area contributed by atoms with Crippen LogP contribution in [0.2, 0.25) is 0 Å². The van der Waals surface area contributed by atoms with Crippen LogP contribution in [0.4, 0.5) is 0 Å². The number of unbranched alkanes of at least 4 members (excludes halogenated alkanes) is 2. The largest absolute Gasteiger partial charge is 0.381 e. The predicted molar refractivity (Wildman–Crippen MR) is 54.1 cm³/mol. The van der Waals surface area contributed by atoms with Crippen LogP contribution in [0.1, 0.15) is 25.7 Å². The first kappa shape index (κ1) is 11.1. The topological polar surface area (TPSA) is 9.23 Å². The van der Waals surface area contributed by atoms with Crippen LogP contribution in [0.3, 0.4) is 0 Å². The Labute approximate surface area is 72.4 Å². The highest BCUT2D eigenvalue weighted by molar-refractivity contribution is 7.16. The van der Waals surface area contributed by atoms with Crippen molar-refractivity contribution >= 4 is 9.24 Å². The van der Waals surface area contributed by atoms with Crippen molar-refractivity contribution in [3.8, 4) is 0 Å². The Balaban J connectivity index is 2.74. The van der Waals surface area contributed by atoms with E-state index in [1.165, 1.54) is 12.8 Å². The molecule has 0 aromatic heterocycles. The van der Waals surface area contributed by atoms with Crippen LogP contribution >= 0.6 is 9.24 Å². The Morgan fingerprint density at radius 1 is 1.18 bits per heavy atom. The zero-order valence-corrected chi connectivity index (χ0v) is 8.37. The van der Waals surface area contributed by atoms with E-state index in [0.29, 0.717) is 0 Å². The van der Waals surface area contributed by atoms with Gasteiger partial charge in [0.1, 0.15) is 0 Å². The zero-order chi connectivity index (χ0) is 8.36. The van der Waals surface area contributed by atoms with Crippen LogP contribution in [-0.2, 0) is 4.74 Å². The summed E-state index contributed by atoms with van der Waals surface area (Å²) in [5.41, 5.74) is 0. The molecule has 0 aliphatic heterocycles. The Bertz CT molecular complexity index is 83.6. The molecule has 0 aromatic carbocycles. The van der Waals surface area contributed by atoms with Gasteiger partial charge in [0, 0.05) is 13.2 Å². The molecule has 11 heavy (non-hydrogen) atoms. The van der Waals surface area contributed by atoms with Crippen molar-refractivity contribution in [2.75, 3.05) is 19.4 Å². The van der Waals surface area contributed by atoms with Gasteiger partial charge in [0.25, 0.3) is 0 Å². The fraction of sp³-hybridized carbons (Fsp3) is 0.778. The van der Waals surface area contributed by atoms with E-state index < -0.39 is 0 Å². The Hall–Kier alpha value is 0.130. The molecule has 1 nitrogen and oxygen atoms in total. The second kappa shape index (κ2) is 10.1. The van der Waals surface area contributed by atoms with Gasteiger partial charge in [-0.25, -0.2) is 0 Å². The molecule has 0 rings (SSSR count). The summed E-state index contributed by atoms with van der Waals surface area (Å²) in [6, 6.07) is 0. The second-order valence-corrected chi connectivity index (χ2v) is 3.12. The summed E-state index contributed by atoms with van der Waals surface area (Å²) < 4.78 is 5.37. The van der Waals surface area contributed by atoms with Gasteiger partial charge >= 0.3 is 0 Å². The first-order valence-corrected chi connectivity index (χ1v) is 5.12. The summed E-state index contributed by atoms with van der Waals surface area (Å²) in [7, 11) is 2.70.